The molecule has 0 atom stereocenters. The number of amides is 1. The van der Waals surface area contributed by atoms with Gasteiger partial charge in [-0.2, -0.15) is 0 Å². The van der Waals surface area contributed by atoms with Gasteiger partial charge in [-0.3, -0.25) is 9.10 Å². The number of hydrogen-bond acceptors (Lipinski definition) is 4. The topological polar surface area (TPSA) is 86.7 Å². The zero-order valence-electron chi connectivity index (χ0n) is 16.4. The first-order valence-corrected chi connectivity index (χ1v) is 10.9. The van der Waals surface area contributed by atoms with Crippen LogP contribution in [0.2, 0.25) is 5.02 Å². The number of nitrogens with zero attached hydrogens (tertiary/aromatic N) is 1. The van der Waals surface area contributed by atoms with Gasteiger partial charge in [-0.1, -0.05) is 35.9 Å². The lowest BCUT2D eigenvalue weighted by Gasteiger charge is -2.24. The Bertz CT molecular complexity index is 970. The largest absolute Gasteiger partial charge is 0.390 e. The van der Waals surface area contributed by atoms with Crippen molar-refractivity contribution in [2.24, 2.45) is 0 Å². The third kappa shape index (κ3) is 6.06. The lowest BCUT2D eigenvalue weighted by molar-refractivity contribution is 0.0693. The maximum atomic E-state index is 13.3. The molecule has 8 heteroatoms. The molecule has 156 valence electrons. The quantitative estimate of drug-likeness (QED) is 0.588. The highest BCUT2D eigenvalue weighted by atomic mass is 35.5. The smallest absolute Gasteiger partial charge is 0.266 e. The summed E-state index contributed by atoms with van der Waals surface area (Å²) < 4.78 is 27.8. The van der Waals surface area contributed by atoms with Gasteiger partial charge in [0.15, 0.2) is 0 Å². The van der Waals surface area contributed by atoms with Crippen molar-refractivity contribution in [1.82, 2.24) is 5.32 Å². The van der Waals surface area contributed by atoms with Gasteiger partial charge in [0.25, 0.3) is 15.9 Å². The van der Waals surface area contributed by atoms with E-state index in [1.807, 2.05) is 0 Å². The second-order valence-corrected chi connectivity index (χ2v) is 9.36. The minimum Gasteiger partial charge on any atom is -0.390 e. The maximum absolute atomic E-state index is 13.3. The van der Waals surface area contributed by atoms with E-state index in [1.165, 1.54) is 28.6 Å². The molecule has 2 aromatic carbocycles. The average molecular weight is 437 g/mol. The fraction of sp³-hybridized carbons (Fsp3) is 0.286. The predicted molar refractivity (Wildman–Crippen MR) is 116 cm³/mol. The Kier molecular flexibility index (Phi) is 7.46. The molecule has 1 amide bonds. The summed E-state index contributed by atoms with van der Waals surface area (Å²) in [6, 6.07) is 12.7. The van der Waals surface area contributed by atoms with Crippen molar-refractivity contribution >= 4 is 33.2 Å². The SMILES string of the molecule is C=CCN(c1ccccc1)S(=O)(=O)c1cc(C(=O)NCCC(C)(C)O)ccc1Cl. The van der Waals surface area contributed by atoms with Crippen molar-refractivity contribution in [2.75, 3.05) is 17.4 Å². The fourth-order valence-corrected chi connectivity index (χ4v) is 4.54. The van der Waals surface area contributed by atoms with E-state index in [0.29, 0.717) is 12.1 Å². The first kappa shape index (κ1) is 22.9. The number of halogens is 1. The zero-order chi connectivity index (χ0) is 21.7. The van der Waals surface area contributed by atoms with E-state index in [2.05, 4.69) is 11.9 Å². The third-order valence-electron chi connectivity index (χ3n) is 4.12. The van der Waals surface area contributed by atoms with Crippen LogP contribution in [-0.2, 0) is 10.0 Å². The van der Waals surface area contributed by atoms with E-state index in [-0.39, 0.29) is 28.6 Å². The number of anilines is 1. The summed E-state index contributed by atoms with van der Waals surface area (Å²) in [6.07, 6.45) is 1.84. The summed E-state index contributed by atoms with van der Waals surface area (Å²) in [6.45, 7) is 7.21. The first-order valence-electron chi connectivity index (χ1n) is 9.05. The number of hydrogen-bond donors (Lipinski definition) is 2. The molecule has 2 rings (SSSR count). The van der Waals surface area contributed by atoms with Gasteiger partial charge >= 0.3 is 0 Å². The van der Waals surface area contributed by atoms with Crippen LogP contribution in [0.4, 0.5) is 5.69 Å². The number of carbonyl (C=O) groups excluding carboxylic acids is 1. The van der Waals surface area contributed by atoms with Crippen molar-refractivity contribution in [3.8, 4) is 0 Å². The molecule has 2 aromatic rings. The van der Waals surface area contributed by atoms with Crippen LogP contribution < -0.4 is 9.62 Å². The van der Waals surface area contributed by atoms with Gasteiger partial charge in [0.2, 0.25) is 0 Å². The molecule has 0 aliphatic carbocycles. The van der Waals surface area contributed by atoms with E-state index in [4.69, 9.17) is 11.6 Å². The number of benzene rings is 2. The summed E-state index contributed by atoms with van der Waals surface area (Å²) >= 11 is 6.18. The third-order valence-corrected chi connectivity index (χ3v) is 6.40. The highest BCUT2D eigenvalue weighted by Crippen LogP contribution is 2.29. The summed E-state index contributed by atoms with van der Waals surface area (Å²) in [4.78, 5) is 12.3. The van der Waals surface area contributed by atoms with Gasteiger partial charge in [-0.25, -0.2) is 8.42 Å². The first-order chi connectivity index (χ1) is 13.6. The second-order valence-electron chi connectivity index (χ2n) is 7.12. The molecular weight excluding hydrogens is 412 g/mol. The Morgan fingerprint density at radius 1 is 1.24 bits per heavy atom. The zero-order valence-corrected chi connectivity index (χ0v) is 18.0. The van der Waals surface area contributed by atoms with Crippen molar-refractivity contribution in [3.05, 3.63) is 71.8 Å². The Hall–Kier alpha value is -2.35. The monoisotopic (exact) mass is 436 g/mol. The van der Waals surface area contributed by atoms with Gasteiger partial charge < -0.3 is 10.4 Å². The Morgan fingerprint density at radius 2 is 1.90 bits per heavy atom. The van der Waals surface area contributed by atoms with Crippen molar-refractivity contribution in [2.45, 2.75) is 30.8 Å². The van der Waals surface area contributed by atoms with Gasteiger partial charge in [0.05, 0.1) is 22.9 Å². The Morgan fingerprint density at radius 3 is 2.48 bits per heavy atom. The normalized spacial score (nSPS) is 11.7. The molecule has 0 heterocycles. The molecule has 0 spiro atoms. The molecule has 6 nitrogen and oxygen atoms in total. The van der Waals surface area contributed by atoms with Crippen LogP contribution in [0.25, 0.3) is 0 Å². The van der Waals surface area contributed by atoms with Crippen LogP contribution in [0.15, 0.2) is 66.1 Å². The number of carbonyl (C=O) groups is 1. The molecule has 0 fully saturated rings. The molecule has 2 N–H and O–H groups in total. The van der Waals surface area contributed by atoms with E-state index < -0.39 is 21.5 Å². The predicted octanol–water partition coefficient (Wildman–Crippen LogP) is 3.61. The molecule has 0 aliphatic heterocycles. The van der Waals surface area contributed by atoms with E-state index in [9.17, 15) is 18.3 Å². The van der Waals surface area contributed by atoms with Gasteiger partial charge in [0, 0.05) is 12.1 Å². The fourth-order valence-electron chi connectivity index (χ4n) is 2.60. The standard InChI is InChI=1S/C21H25ClN2O4S/c1-4-14-24(17-8-6-5-7-9-17)29(27,28)19-15-16(10-11-18(19)22)20(25)23-13-12-21(2,3)26/h4-11,15,26H,1,12-14H2,2-3H3,(H,23,25). The number of nitrogens with one attached hydrogen (secondary N) is 1. The highest BCUT2D eigenvalue weighted by Gasteiger charge is 2.27. The molecule has 0 saturated carbocycles. The van der Waals surface area contributed by atoms with Crippen molar-refractivity contribution < 1.29 is 18.3 Å². The molecular formula is C21H25ClN2O4S. The number of para-hydroxylation sites is 1. The lowest BCUT2D eigenvalue weighted by atomic mass is 10.1. The molecule has 0 saturated heterocycles. The lowest BCUT2D eigenvalue weighted by Crippen LogP contribution is -2.32. The van der Waals surface area contributed by atoms with Crippen LogP contribution in [0, 0.1) is 0 Å². The van der Waals surface area contributed by atoms with Gasteiger partial charge in [0.1, 0.15) is 4.90 Å². The van der Waals surface area contributed by atoms with E-state index >= 15 is 0 Å². The number of sulfonamides is 1. The molecule has 0 unspecified atom stereocenters. The molecule has 0 bridgehead atoms. The molecule has 29 heavy (non-hydrogen) atoms. The molecule has 0 aliphatic rings. The highest BCUT2D eigenvalue weighted by molar-refractivity contribution is 7.93. The Balaban J connectivity index is 2.36. The van der Waals surface area contributed by atoms with Crippen LogP contribution in [0.3, 0.4) is 0 Å². The van der Waals surface area contributed by atoms with Crippen LogP contribution in [0.1, 0.15) is 30.6 Å². The van der Waals surface area contributed by atoms with Crippen LogP contribution in [0.5, 0.6) is 0 Å². The maximum Gasteiger partial charge on any atom is 0.266 e. The van der Waals surface area contributed by atoms with Gasteiger partial charge in [-0.05, 0) is 50.6 Å². The summed E-state index contributed by atoms with van der Waals surface area (Å²) in [5.74, 6) is -0.447. The van der Waals surface area contributed by atoms with E-state index in [0.717, 1.165) is 0 Å². The van der Waals surface area contributed by atoms with Crippen LogP contribution >= 0.6 is 11.6 Å². The molecule has 0 aromatic heterocycles. The van der Waals surface area contributed by atoms with Crippen LogP contribution in [-0.4, -0.2) is 38.1 Å². The summed E-state index contributed by atoms with van der Waals surface area (Å²) in [5.41, 5.74) is -0.290. The van der Waals surface area contributed by atoms with Gasteiger partial charge in [-0.15, -0.1) is 6.58 Å². The summed E-state index contributed by atoms with van der Waals surface area (Å²) in [5, 5.41) is 12.4. The minimum atomic E-state index is -4.04. The van der Waals surface area contributed by atoms with E-state index in [1.54, 1.807) is 44.2 Å². The number of rotatable bonds is 9. The molecule has 0 radical (unpaired) electrons. The Labute approximate surface area is 176 Å². The van der Waals surface area contributed by atoms with Crippen molar-refractivity contribution in [3.63, 3.8) is 0 Å². The average Bonchev–Trinajstić information content (AvgIpc) is 2.65. The summed E-state index contributed by atoms with van der Waals surface area (Å²) in [7, 11) is -4.04. The number of aliphatic hydroxyl groups is 1. The second kappa shape index (κ2) is 9.43. The van der Waals surface area contributed by atoms with Crippen molar-refractivity contribution in [1.29, 1.82) is 0 Å². The minimum absolute atomic E-state index is 0.0167.